The minimum atomic E-state index is -0.157. The van der Waals surface area contributed by atoms with Crippen molar-refractivity contribution < 1.29 is 9.53 Å². The summed E-state index contributed by atoms with van der Waals surface area (Å²) in [6.45, 7) is 2.95. The van der Waals surface area contributed by atoms with E-state index in [0.29, 0.717) is 18.2 Å². The SMILES string of the molecule is CNC1COCC1C(=O)Nc1ccc(C)c(Cl)c1. The maximum atomic E-state index is 12.1. The highest BCUT2D eigenvalue weighted by atomic mass is 35.5. The van der Waals surface area contributed by atoms with Crippen LogP contribution in [-0.2, 0) is 9.53 Å². The molecule has 0 bridgehead atoms. The molecule has 1 fully saturated rings. The number of carbonyl (C=O) groups is 1. The van der Waals surface area contributed by atoms with Gasteiger partial charge in [0.25, 0.3) is 0 Å². The molecule has 1 saturated heterocycles. The molecular formula is C13H17ClN2O2. The van der Waals surface area contributed by atoms with E-state index in [9.17, 15) is 4.79 Å². The maximum absolute atomic E-state index is 12.1. The van der Waals surface area contributed by atoms with Crippen LogP contribution in [0, 0.1) is 12.8 Å². The molecule has 2 N–H and O–H groups in total. The van der Waals surface area contributed by atoms with Crippen LogP contribution in [0.5, 0.6) is 0 Å². The van der Waals surface area contributed by atoms with Crippen molar-refractivity contribution in [3.8, 4) is 0 Å². The van der Waals surface area contributed by atoms with Crippen molar-refractivity contribution >= 4 is 23.2 Å². The fourth-order valence-electron chi connectivity index (χ4n) is 2.00. The number of amides is 1. The number of benzene rings is 1. The first kappa shape index (κ1) is 13.3. The number of hydrogen-bond acceptors (Lipinski definition) is 3. The number of nitrogens with one attached hydrogen (secondary N) is 2. The number of rotatable bonds is 3. The van der Waals surface area contributed by atoms with Gasteiger partial charge in [-0.2, -0.15) is 0 Å². The first-order chi connectivity index (χ1) is 8.61. The molecule has 0 aliphatic carbocycles. The van der Waals surface area contributed by atoms with Gasteiger partial charge in [-0.3, -0.25) is 4.79 Å². The Balaban J connectivity index is 2.04. The molecule has 0 aromatic heterocycles. The van der Waals surface area contributed by atoms with Crippen LogP contribution in [0.15, 0.2) is 18.2 Å². The van der Waals surface area contributed by atoms with Crippen LogP contribution in [0.25, 0.3) is 0 Å². The Morgan fingerprint density at radius 2 is 2.22 bits per heavy atom. The van der Waals surface area contributed by atoms with E-state index in [1.807, 2.05) is 26.1 Å². The first-order valence-corrected chi connectivity index (χ1v) is 6.31. The zero-order chi connectivity index (χ0) is 13.1. The average molecular weight is 269 g/mol. The van der Waals surface area contributed by atoms with Crippen LogP contribution in [-0.4, -0.2) is 32.2 Å². The summed E-state index contributed by atoms with van der Waals surface area (Å²) < 4.78 is 5.31. The van der Waals surface area contributed by atoms with E-state index in [2.05, 4.69) is 10.6 Å². The summed E-state index contributed by atoms with van der Waals surface area (Å²) in [4.78, 5) is 12.1. The second-order valence-corrected chi connectivity index (χ2v) is 4.90. The van der Waals surface area contributed by atoms with E-state index in [1.165, 1.54) is 0 Å². The molecule has 18 heavy (non-hydrogen) atoms. The van der Waals surface area contributed by atoms with Crippen molar-refractivity contribution in [2.45, 2.75) is 13.0 Å². The molecule has 1 aliphatic heterocycles. The van der Waals surface area contributed by atoms with Gasteiger partial charge in [0, 0.05) is 16.8 Å². The number of anilines is 1. The van der Waals surface area contributed by atoms with Crippen molar-refractivity contribution in [1.29, 1.82) is 0 Å². The van der Waals surface area contributed by atoms with Crippen LogP contribution >= 0.6 is 11.6 Å². The van der Waals surface area contributed by atoms with E-state index < -0.39 is 0 Å². The Labute approximate surface area is 112 Å². The van der Waals surface area contributed by atoms with E-state index in [0.717, 1.165) is 11.3 Å². The normalized spacial score (nSPS) is 23.1. The lowest BCUT2D eigenvalue weighted by molar-refractivity contribution is -0.120. The topological polar surface area (TPSA) is 50.4 Å². The predicted octanol–water partition coefficient (Wildman–Crippen LogP) is 1.82. The third-order valence-corrected chi connectivity index (χ3v) is 3.63. The molecule has 2 rings (SSSR count). The van der Waals surface area contributed by atoms with Crippen molar-refractivity contribution in [2.24, 2.45) is 5.92 Å². The first-order valence-electron chi connectivity index (χ1n) is 5.94. The van der Waals surface area contributed by atoms with Gasteiger partial charge < -0.3 is 15.4 Å². The lowest BCUT2D eigenvalue weighted by Crippen LogP contribution is -2.39. The van der Waals surface area contributed by atoms with Gasteiger partial charge in [0.2, 0.25) is 5.91 Å². The second kappa shape index (κ2) is 5.69. The monoisotopic (exact) mass is 268 g/mol. The van der Waals surface area contributed by atoms with Crippen LogP contribution in [0.4, 0.5) is 5.69 Å². The number of likely N-dealkylation sites (N-methyl/N-ethyl adjacent to an activating group) is 1. The summed E-state index contributed by atoms with van der Waals surface area (Å²) in [6.07, 6.45) is 0. The minimum Gasteiger partial charge on any atom is -0.379 e. The fraction of sp³-hybridized carbons (Fsp3) is 0.462. The Morgan fingerprint density at radius 3 is 2.89 bits per heavy atom. The van der Waals surface area contributed by atoms with Crippen molar-refractivity contribution in [1.82, 2.24) is 5.32 Å². The highest BCUT2D eigenvalue weighted by Gasteiger charge is 2.32. The molecule has 1 heterocycles. The van der Waals surface area contributed by atoms with E-state index >= 15 is 0 Å². The summed E-state index contributed by atoms with van der Waals surface area (Å²) in [5.74, 6) is -0.193. The summed E-state index contributed by atoms with van der Waals surface area (Å²) >= 11 is 6.02. The van der Waals surface area contributed by atoms with E-state index in [4.69, 9.17) is 16.3 Å². The molecule has 1 aliphatic rings. The zero-order valence-electron chi connectivity index (χ0n) is 10.5. The molecule has 2 atom stereocenters. The second-order valence-electron chi connectivity index (χ2n) is 4.49. The summed E-state index contributed by atoms with van der Waals surface area (Å²) in [5, 5.41) is 6.62. The number of hydrogen-bond donors (Lipinski definition) is 2. The highest BCUT2D eigenvalue weighted by molar-refractivity contribution is 6.31. The maximum Gasteiger partial charge on any atom is 0.231 e. The summed E-state index contributed by atoms with van der Waals surface area (Å²) in [6, 6.07) is 5.58. The molecule has 1 aromatic rings. The van der Waals surface area contributed by atoms with Gasteiger partial charge in [0.05, 0.1) is 19.1 Å². The Hall–Kier alpha value is -1.10. The van der Waals surface area contributed by atoms with Crippen molar-refractivity contribution in [3.63, 3.8) is 0 Å². The lowest BCUT2D eigenvalue weighted by Gasteiger charge is -2.16. The summed E-state index contributed by atoms with van der Waals surface area (Å²) in [5.41, 5.74) is 1.71. The standard InChI is InChI=1S/C13H17ClN2O2/c1-8-3-4-9(5-11(8)14)16-13(17)10-6-18-7-12(10)15-2/h3-5,10,12,15H,6-7H2,1-2H3,(H,16,17). The van der Waals surface area contributed by atoms with E-state index in [-0.39, 0.29) is 17.9 Å². The predicted molar refractivity (Wildman–Crippen MR) is 72.0 cm³/mol. The Bertz CT molecular complexity index is 451. The third kappa shape index (κ3) is 2.83. The average Bonchev–Trinajstić information content (AvgIpc) is 2.82. The molecule has 2 unspecified atom stereocenters. The molecule has 5 heteroatoms. The Kier molecular flexibility index (Phi) is 4.22. The van der Waals surface area contributed by atoms with Crippen LogP contribution in [0.1, 0.15) is 5.56 Å². The van der Waals surface area contributed by atoms with Gasteiger partial charge in [-0.25, -0.2) is 0 Å². The lowest BCUT2D eigenvalue weighted by atomic mass is 10.0. The number of carbonyl (C=O) groups excluding carboxylic acids is 1. The number of ether oxygens (including phenoxy) is 1. The molecule has 4 nitrogen and oxygen atoms in total. The van der Waals surface area contributed by atoms with Crippen LogP contribution < -0.4 is 10.6 Å². The zero-order valence-corrected chi connectivity index (χ0v) is 11.3. The highest BCUT2D eigenvalue weighted by Crippen LogP contribution is 2.21. The minimum absolute atomic E-state index is 0.0354. The largest absolute Gasteiger partial charge is 0.379 e. The van der Waals surface area contributed by atoms with Crippen LogP contribution in [0.2, 0.25) is 5.02 Å². The molecule has 0 saturated carbocycles. The van der Waals surface area contributed by atoms with Gasteiger partial charge in [0.15, 0.2) is 0 Å². The fourth-order valence-corrected chi connectivity index (χ4v) is 2.18. The quantitative estimate of drug-likeness (QED) is 0.879. The van der Waals surface area contributed by atoms with Crippen molar-refractivity contribution in [2.75, 3.05) is 25.6 Å². The van der Waals surface area contributed by atoms with Gasteiger partial charge in [0.1, 0.15) is 0 Å². The molecule has 0 radical (unpaired) electrons. The van der Waals surface area contributed by atoms with Gasteiger partial charge in [-0.05, 0) is 31.7 Å². The van der Waals surface area contributed by atoms with E-state index in [1.54, 1.807) is 6.07 Å². The Morgan fingerprint density at radius 1 is 1.44 bits per heavy atom. The number of aryl methyl sites for hydroxylation is 1. The molecule has 1 aromatic carbocycles. The third-order valence-electron chi connectivity index (χ3n) is 3.23. The van der Waals surface area contributed by atoms with Gasteiger partial charge in [-0.15, -0.1) is 0 Å². The smallest absolute Gasteiger partial charge is 0.231 e. The molecule has 1 amide bonds. The summed E-state index contributed by atoms with van der Waals surface area (Å²) in [7, 11) is 1.84. The molecular weight excluding hydrogens is 252 g/mol. The molecule has 0 spiro atoms. The van der Waals surface area contributed by atoms with Gasteiger partial charge in [-0.1, -0.05) is 17.7 Å². The molecule has 98 valence electrons. The van der Waals surface area contributed by atoms with Crippen molar-refractivity contribution in [3.05, 3.63) is 28.8 Å². The van der Waals surface area contributed by atoms with Crippen LogP contribution in [0.3, 0.4) is 0 Å². The number of halogens is 1. The van der Waals surface area contributed by atoms with Gasteiger partial charge >= 0.3 is 0 Å².